The zero-order valence-corrected chi connectivity index (χ0v) is 15.2. The second kappa shape index (κ2) is 9.03. The van der Waals surface area contributed by atoms with Gasteiger partial charge in [0.15, 0.2) is 5.96 Å². The molecule has 1 aromatic carbocycles. The van der Waals surface area contributed by atoms with E-state index in [9.17, 15) is 0 Å². The third-order valence-electron chi connectivity index (χ3n) is 4.06. The topological polar surface area (TPSA) is 39.7 Å². The van der Waals surface area contributed by atoms with E-state index in [4.69, 9.17) is 0 Å². The van der Waals surface area contributed by atoms with Crippen LogP contribution in [0.4, 0.5) is 5.69 Å². The smallest absolute Gasteiger partial charge is 0.190 e. The second-order valence-electron chi connectivity index (χ2n) is 5.81. The normalized spacial score (nSPS) is 18.6. The van der Waals surface area contributed by atoms with Crippen molar-refractivity contribution >= 4 is 27.6 Å². The minimum Gasteiger partial charge on any atom is -0.371 e. The van der Waals surface area contributed by atoms with Gasteiger partial charge < -0.3 is 15.5 Å². The number of anilines is 1. The lowest BCUT2D eigenvalue weighted by atomic mass is 10.1. The van der Waals surface area contributed by atoms with Gasteiger partial charge in [-0.25, -0.2) is 0 Å². The first-order valence-electron chi connectivity index (χ1n) is 8.18. The highest BCUT2D eigenvalue weighted by Gasteiger charge is 2.22. The summed E-state index contributed by atoms with van der Waals surface area (Å²) < 4.78 is 1.15. The van der Waals surface area contributed by atoms with Gasteiger partial charge in [-0.2, -0.15) is 0 Å². The number of nitrogens with zero attached hydrogens (tertiary/aromatic N) is 2. The molecule has 0 saturated carbocycles. The van der Waals surface area contributed by atoms with Crippen LogP contribution in [0.3, 0.4) is 0 Å². The molecule has 1 aliphatic rings. The van der Waals surface area contributed by atoms with Crippen molar-refractivity contribution in [1.82, 2.24) is 10.6 Å². The van der Waals surface area contributed by atoms with Gasteiger partial charge in [0.25, 0.3) is 0 Å². The van der Waals surface area contributed by atoms with E-state index in [1.165, 1.54) is 24.9 Å². The van der Waals surface area contributed by atoms with Crippen LogP contribution in [0.25, 0.3) is 0 Å². The Morgan fingerprint density at radius 3 is 3.00 bits per heavy atom. The van der Waals surface area contributed by atoms with Crippen molar-refractivity contribution in [3.8, 4) is 0 Å². The molecular formula is C17H27BrN4. The first-order chi connectivity index (χ1) is 10.7. The van der Waals surface area contributed by atoms with Gasteiger partial charge in [0.1, 0.15) is 0 Å². The summed E-state index contributed by atoms with van der Waals surface area (Å²) in [5.41, 5.74) is 1.31. The van der Waals surface area contributed by atoms with Crippen molar-refractivity contribution in [1.29, 1.82) is 0 Å². The summed E-state index contributed by atoms with van der Waals surface area (Å²) in [5.74, 6) is 1.60. The van der Waals surface area contributed by atoms with Crippen LogP contribution in [0.15, 0.2) is 33.7 Å². The molecular weight excluding hydrogens is 340 g/mol. The molecule has 1 atom stereocenters. The summed E-state index contributed by atoms with van der Waals surface area (Å²) in [6, 6.07) is 8.56. The fraction of sp³-hybridized carbons (Fsp3) is 0.588. The van der Waals surface area contributed by atoms with E-state index in [0.717, 1.165) is 36.6 Å². The van der Waals surface area contributed by atoms with Crippen LogP contribution in [0, 0.1) is 5.92 Å². The van der Waals surface area contributed by atoms with Crippen LogP contribution < -0.4 is 15.5 Å². The fourth-order valence-electron chi connectivity index (χ4n) is 2.75. The molecule has 1 unspecified atom stereocenters. The predicted molar refractivity (Wildman–Crippen MR) is 98.7 cm³/mol. The van der Waals surface area contributed by atoms with Crippen LogP contribution in [0.2, 0.25) is 0 Å². The highest BCUT2D eigenvalue weighted by molar-refractivity contribution is 9.10. The summed E-state index contributed by atoms with van der Waals surface area (Å²) in [4.78, 5) is 6.75. The third-order valence-corrected chi connectivity index (χ3v) is 4.56. The number of guanidine groups is 1. The van der Waals surface area contributed by atoms with Crippen molar-refractivity contribution in [3.05, 3.63) is 28.7 Å². The zero-order chi connectivity index (χ0) is 15.8. The van der Waals surface area contributed by atoms with Crippen LogP contribution in [-0.4, -0.2) is 39.2 Å². The van der Waals surface area contributed by atoms with Gasteiger partial charge in [0, 0.05) is 43.4 Å². The van der Waals surface area contributed by atoms with Gasteiger partial charge in [0.2, 0.25) is 0 Å². The molecule has 1 heterocycles. The number of hydrogen-bond donors (Lipinski definition) is 2. The van der Waals surface area contributed by atoms with E-state index >= 15 is 0 Å². The van der Waals surface area contributed by atoms with Gasteiger partial charge in [-0.15, -0.1) is 0 Å². The van der Waals surface area contributed by atoms with Gasteiger partial charge in [0.05, 0.1) is 0 Å². The molecule has 0 aliphatic carbocycles. The van der Waals surface area contributed by atoms with Crippen molar-refractivity contribution < 1.29 is 0 Å². The summed E-state index contributed by atoms with van der Waals surface area (Å²) in [6.45, 7) is 6.41. The Hall–Kier alpha value is -1.23. The quantitative estimate of drug-likeness (QED) is 0.461. The number of benzene rings is 1. The molecule has 0 aromatic heterocycles. The fourth-order valence-corrected chi connectivity index (χ4v) is 3.14. The summed E-state index contributed by atoms with van der Waals surface area (Å²) in [5, 5.41) is 6.82. The first kappa shape index (κ1) is 17.1. The Bertz CT molecular complexity index is 489. The number of rotatable bonds is 6. The maximum absolute atomic E-state index is 4.28. The molecule has 5 heteroatoms. The molecule has 2 rings (SSSR count). The van der Waals surface area contributed by atoms with E-state index in [1.54, 1.807) is 0 Å². The van der Waals surface area contributed by atoms with E-state index in [2.05, 4.69) is 67.6 Å². The lowest BCUT2D eigenvalue weighted by molar-refractivity contribution is 0.565. The molecule has 1 aliphatic heterocycles. The molecule has 0 amide bonds. The maximum Gasteiger partial charge on any atom is 0.190 e. The summed E-state index contributed by atoms with van der Waals surface area (Å²) >= 11 is 3.55. The maximum atomic E-state index is 4.28. The Labute approximate surface area is 142 Å². The molecule has 0 spiro atoms. The Balaban J connectivity index is 1.76. The molecule has 0 bridgehead atoms. The Morgan fingerprint density at radius 2 is 2.27 bits per heavy atom. The molecule has 1 fully saturated rings. The third kappa shape index (κ3) is 5.20. The molecule has 2 N–H and O–H groups in total. The van der Waals surface area contributed by atoms with E-state index in [1.807, 2.05) is 7.05 Å². The second-order valence-corrected chi connectivity index (χ2v) is 6.73. The standard InChI is InChI=1S/C17H27BrN4/c1-3-4-9-20-17(19-2)21-12-14-8-10-22(13-14)16-7-5-6-15(18)11-16/h5-7,11,14H,3-4,8-10,12-13H2,1-2H3,(H2,19,20,21). The van der Waals surface area contributed by atoms with E-state index in [0.29, 0.717) is 5.92 Å². The van der Waals surface area contributed by atoms with Crippen molar-refractivity contribution in [2.45, 2.75) is 26.2 Å². The molecule has 122 valence electrons. The summed E-state index contributed by atoms with van der Waals surface area (Å²) in [7, 11) is 1.84. The Kier molecular flexibility index (Phi) is 7.03. The average Bonchev–Trinajstić information content (AvgIpc) is 3.00. The largest absolute Gasteiger partial charge is 0.371 e. The molecule has 22 heavy (non-hydrogen) atoms. The summed E-state index contributed by atoms with van der Waals surface area (Å²) in [6.07, 6.45) is 3.61. The lowest BCUT2D eigenvalue weighted by Gasteiger charge is -2.19. The van der Waals surface area contributed by atoms with Crippen LogP contribution in [0.1, 0.15) is 26.2 Å². The zero-order valence-electron chi connectivity index (χ0n) is 13.6. The molecule has 0 radical (unpaired) electrons. The van der Waals surface area contributed by atoms with Gasteiger partial charge >= 0.3 is 0 Å². The average molecular weight is 367 g/mol. The van der Waals surface area contributed by atoms with Gasteiger partial charge in [-0.3, -0.25) is 4.99 Å². The van der Waals surface area contributed by atoms with Crippen LogP contribution >= 0.6 is 15.9 Å². The molecule has 1 saturated heterocycles. The number of aliphatic imine (C=N–C) groups is 1. The molecule has 4 nitrogen and oxygen atoms in total. The Morgan fingerprint density at radius 1 is 1.41 bits per heavy atom. The number of nitrogens with one attached hydrogen (secondary N) is 2. The molecule has 1 aromatic rings. The minimum absolute atomic E-state index is 0.670. The van der Waals surface area contributed by atoms with Crippen molar-refractivity contribution in [2.75, 3.05) is 38.1 Å². The highest BCUT2D eigenvalue weighted by atomic mass is 79.9. The number of unbranched alkanes of at least 4 members (excludes halogenated alkanes) is 1. The number of hydrogen-bond acceptors (Lipinski definition) is 2. The van der Waals surface area contributed by atoms with Crippen molar-refractivity contribution in [3.63, 3.8) is 0 Å². The van der Waals surface area contributed by atoms with E-state index in [-0.39, 0.29) is 0 Å². The van der Waals surface area contributed by atoms with Gasteiger partial charge in [-0.1, -0.05) is 35.3 Å². The van der Waals surface area contributed by atoms with Crippen molar-refractivity contribution in [2.24, 2.45) is 10.9 Å². The van der Waals surface area contributed by atoms with Crippen LogP contribution in [-0.2, 0) is 0 Å². The lowest BCUT2D eigenvalue weighted by Crippen LogP contribution is -2.40. The SMILES string of the molecule is CCCCNC(=NC)NCC1CCN(c2cccc(Br)c2)C1. The minimum atomic E-state index is 0.670. The highest BCUT2D eigenvalue weighted by Crippen LogP contribution is 2.25. The van der Waals surface area contributed by atoms with Gasteiger partial charge in [-0.05, 0) is 37.0 Å². The number of halogens is 1. The first-order valence-corrected chi connectivity index (χ1v) is 8.97. The van der Waals surface area contributed by atoms with Crippen LogP contribution in [0.5, 0.6) is 0 Å². The van der Waals surface area contributed by atoms with E-state index < -0.39 is 0 Å². The monoisotopic (exact) mass is 366 g/mol. The predicted octanol–water partition coefficient (Wildman–Crippen LogP) is 3.24.